The van der Waals surface area contributed by atoms with E-state index in [1.54, 1.807) is 24.3 Å². The minimum absolute atomic E-state index is 0.156. The second-order valence-electron chi connectivity index (χ2n) is 4.63. The van der Waals surface area contributed by atoms with E-state index < -0.39 is 17.7 Å². The Morgan fingerprint density at radius 2 is 1.91 bits per heavy atom. The van der Waals surface area contributed by atoms with Gasteiger partial charge in [0.1, 0.15) is 0 Å². The first-order valence-electron chi connectivity index (χ1n) is 6.26. The molecule has 0 fully saturated rings. The zero-order chi connectivity index (χ0) is 15.9. The van der Waals surface area contributed by atoms with Crippen molar-refractivity contribution in [2.24, 2.45) is 0 Å². The number of benzene rings is 2. The molecule has 5 nitrogen and oxygen atoms in total. The lowest BCUT2D eigenvalue weighted by Gasteiger charge is -2.10. The number of thiol groups is 1. The Morgan fingerprint density at radius 3 is 2.68 bits per heavy atom. The normalized spacial score (nSPS) is 12.8. The number of nitrogens with one attached hydrogen (secondary N) is 2. The van der Waals surface area contributed by atoms with E-state index in [-0.39, 0.29) is 22.4 Å². The van der Waals surface area contributed by atoms with Crippen molar-refractivity contribution in [1.29, 1.82) is 0 Å². The van der Waals surface area contributed by atoms with Crippen LogP contribution < -0.4 is 10.6 Å². The summed E-state index contributed by atoms with van der Waals surface area (Å²) in [7, 11) is 0. The van der Waals surface area contributed by atoms with Crippen LogP contribution in [0.5, 0.6) is 0 Å². The number of hydrogen-bond donors (Lipinski definition) is 3. The number of rotatable bonds is 2. The minimum Gasteiger partial charge on any atom is -0.321 e. The molecule has 0 spiro atoms. The molecule has 110 valence electrons. The summed E-state index contributed by atoms with van der Waals surface area (Å²) < 4.78 is 0. The van der Waals surface area contributed by atoms with Gasteiger partial charge in [0.05, 0.1) is 22.4 Å². The lowest BCUT2D eigenvalue weighted by Crippen LogP contribution is -2.21. The van der Waals surface area contributed by atoms with E-state index >= 15 is 0 Å². The van der Waals surface area contributed by atoms with Crippen LogP contribution in [0.3, 0.4) is 0 Å². The fourth-order valence-electron chi connectivity index (χ4n) is 2.20. The highest BCUT2D eigenvalue weighted by molar-refractivity contribution is 7.80. The Bertz CT molecular complexity index is 836. The Balaban J connectivity index is 1.98. The third-order valence-electron chi connectivity index (χ3n) is 3.21. The van der Waals surface area contributed by atoms with E-state index in [9.17, 15) is 14.4 Å². The van der Waals surface area contributed by atoms with Gasteiger partial charge in [0.2, 0.25) is 0 Å². The molecule has 0 aromatic heterocycles. The summed E-state index contributed by atoms with van der Waals surface area (Å²) in [6.45, 7) is 0. The van der Waals surface area contributed by atoms with E-state index in [0.29, 0.717) is 9.92 Å². The van der Waals surface area contributed by atoms with E-state index in [1.807, 2.05) is 0 Å². The van der Waals surface area contributed by atoms with Gasteiger partial charge in [-0.3, -0.25) is 19.7 Å². The predicted molar refractivity (Wildman–Crippen MR) is 84.9 cm³/mol. The standard InChI is InChI=1S/C15H9ClN2O3S/c16-7-4-5-11(22)9(6-7)14(20)17-10-3-1-2-8-12(10)15(21)18-13(8)19/h1-6,22H,(H,17,20)(H,18,19,21). The van der Waals surface area contributed by atoms with Gasteiger partial charge in [-0.25, -0.2) is 0 Å². The van der Waals surface area contributed by atoms with Gasteiger partial charge in [-0.2, -0.15) is 0 Å². The molecule has 2 aromatic rings. The molecule has 0 saturated carbocycles. The zero-order valence-electron chi connectivity index (χ0n) is 11.0. The molecule has 0 radical (unpaired) electrons. The second-order valence-corrected chi connectivity index (χ2v) is 5.55. The number of fused-ring (bicyclic) bond motifs is 1. The van der Waals surface area contributed by atoms with Crippen molar-refractivity contribution < 1.29 is 14.4 Å². The third kappa shape index (κ3) is 2.47. The molecule has 1 heterocycles. The quantitative estimate of drug-likeness (QED) is 0.584. The molecule has 3 rings (SSSR count). The first-order valence-corrected chi connectivity index (χ1v) is 7.08. The number of carbonyl (C=O) groups excluding carboxylic acids is 3. The van der Waals surface area contributed by atoms with Gasteiger partial charge >= 0.3 is 0 Å². The highest BCUT2D eigenvalue weighted by Crippen LogP contribution is 2.26. The third-order valence-corrected chi connectivity index (χ3v) is 3.84. The molecule has 1 aliphatic rings. The van der Waals surface area contributed by atoms with Crippen molar-refractivity contribution in [1.82, 2.24) is 5.32 Å². The number of hydrogen-bond acceptors (Lipinski definition) is 4. The molecule has 0 bridgehead atoms. The molecule has 0 atom stereocenters. The molecule has 2 N–H and O–H groups in total. The van der Waals surface area contributed by atoms with Gasteiger partial charge < -0.3 is 5.32 Å². The molecule has 3 amide bonds. The molecule has 7 heteroatoms. The maximum Gasteiger partial charge on any atom is 0.261 e. The average molecular weight is 333 g/mol. The number of amides is 3. The summed E-state index contributed by atoms with van der Waals surface area (Å²) >= 11 is 10.1. The molecular weight excluding hydrogens is 324 g/mol. The summed E-state index contributed by atoms with van der Waals surface area (Å²) in [5.74, 6) is -1.48. The van der Waals surface area contributed by atoms with Crippen molar-refractivity contribution in [2.75, 3.05) is 5.32 Å². The molecule has 2 aromatic carbocycles. The topological polar surface area (TPSA) is 75.3 Å². The Morgan fingerprint density at radius 1 is 1.14 bits per heavy atom. The molecule has 0 aliphatic carbocycles. The van der Waals surface area contributed by atoms with E-state index in [4.69, 9.17) is 11.6 Å². The Labute approximate surface area is 136 Å². The van der Waals surface area contributed by atoms with Gasteiger partial charge in [0.15, 0.2) is 0 Å². The monoisotopic (exact) mass is 332 g/mol. The van der Waals surface area contributed by atoms with Crippen LogP contribution in [0.2, 0.25) is 5.02 Å². The predicted octanol–water partition coefficient (Wildman–Crippen LogP) is 2.76. The molecular formula is C15H9ClN2O3S. The van der Waals surface area contributed by atoms with Crippen LogP contribution in [0.4, 0.5) is 5.69 Å². The van der Waals surface area contributed by atoms with Gasteiger partial charge in [0, 0.05) is 9.92 Å². The summed E-state index contributed by atoms with van der Waals surface area (Å²) in [6.07, 6.45) is 0. The van der Waals surface area contributed by atoms with E-state index in [0.717, 1.165) is 0 Å². The van der Waals surface area contributed by atoms with Crippen LogP contribution >= 0.6 is 24.2 Å². The molecule has 22 heavy (non-hydrogen) atoms. The molecule has 0 unspecified atom stereocenters. The highest BCUT2D eigenvalue weighted by atomic mass is 35.5. The van der Waals surface area contributed by atoms with Crippen LogP contribution in [0, 0.1) is 0 Å². The van der Waals surface area contributed by atoms with Crippen molar-refractivity contribution in [3.63, 3.8) is 0 Å². The largest absolute Gasteiger partial charge is 0.321 e. The van der Waals surface area contributed by atoms with E-state index in [2.05, 4.69) is 23.3 Å². The van der Waals surface area contributed by atoms with Crippen LogP contribution in [0.1, 0.15) is 31.1 Å². The summed E-state index contributed by atoms with van der Waals surface area (Å²) in [5.41, 5.74) is 0.931. The number of halogens is 1. The Hall–Kier alpha value is -2.31. The van der Waals surface area contributed by atoms with Crippen molar-refractivity contribution in [2.45, 2.75) is 4.90 Å². The van der Waals surface area contributed by atoms with Gasteiger partial charge in [0.25, 0.3) is 17.7 Å². The zero-order valence-corrected chi connectivity index (χ0v) is 12.7. The lowest BCUT2D eigenvalue weighted by molar-refractivity contribution is 0.0879. The van der Waals surface area contributed by atoms with Crippen LogP contribution in [0.25, 0.3) is 0 Å². The smallest absolute Gasteiger partial charge is 0.261 e. The van der Waals surface area contributed by atoms with Crippen LogP contribution in [-0.4, -0.2) is 17.7 Å². The SMILES string of the molecule is O=C(Nc1cccc2c1C(=O)NC2=O)c1cc(Cl)ccc1S. The highest BCUT2D eigenvalue weighted by Gasteiger charge is 2.29. The fourth-order valence-corrected chi connectivity index (χ4v) is 2.62. The van der Waals surface area contributed by atoms with Gasteiger partial charge in [-0.15, -0.1) is 12.6 Å². The van der Waals surface area contributed by atoms with Gasteiger partial charge in [-0.05, 0) is 30.3 Å². The second kappa shape index (κ2) is 5.47. The summed E-state index contributed by atoms with van der Waals surface area (Å²) in [5, 5.41) is 5.21. The number of carbonyl (C=O) groups is 3. The fraction of sp³-hybridized carbons (Fsp3) is 0. The van der Waals surface area contributed by atoms with Gasteiger partial charge in [-0.1, -0.05) is 17.7 Å². The summed E-state index contributed by atoms with van der Waals surface area (Å²) in [6, 6.07) is 9.37. The number of anilines is 1. The first-order chi connectivity index (χ1) is 10.5. The van der Waals surface area contributed by atoms with Crippen molar-refractivity contribution in [3.8, 4) is 0 Å². The Kier molecular flexibility index (Phi) is 3.64. The van der Waals surface area contributed by atoms with Crippen LogP contribution in [-0.2, 0) is 0 Å². The molecule has 0 saturated heterocycles. The number of imide groups is 1. The minimum atomic E-state index is -0.534. The lowest BCUT2D eigenvalue weighted by atomic mass is 10.1. The molecule has 1 aliphatic heterocycles. The maximum atomic E-state index is 12.3. The summed E-state index contributed by atoms with van der Waals surface area (Å²) in [4.78, 5) is 36.2. The van der Waals surface area contributed by atoms with Crippen LogP contribution in [0.15, 0.2) is 41.3 Å². The van der Waals surface area contributed by atoms with E-state index in [1.165, 1.54) is 12.1 Å². The van der Waals surface area contributed by atoms with Crippen molar-refractivity contribution in [3.05, 3.63) is 58.1 Å². The van der Waals surface area contributed by atoms with Crippen molar-refractivity contribution >= 4 is 47.6 Å². The maximum absolute atomic E-state index is 12.3. The average Bonchev–Trinajstić information content (AvgIpc) is 2.77. The first kappa shape index (κ1) is 14.6.